The number of nitrogens with zero attached hydrogens (tertiary/aromatic N) is 1. The van der Waals surface area contributed by atoms with Crippen LogP contribution in [0.2, 0.25) is 0 Å². The van der Waals surface area contributed by atoms with Gasteiger partial charge in [-0.3, -0.25) is 19.7 Å². The standard InChI is InChI=1S/C16H14N2O5/c19-11-17-15(12-4-2-1-3-5-12)10-16(20)23-14-8-6-13(7-9-14)18(21)22/h1-9,11,15H,10H2,(H,17,19). The third-order valence-electron chi connectivity index (χ3n) is 3.12. The van der Waals surface area contributed by atoms with Gasteiger partial charge in [0.1, 0.15) is 5.75 Å². The molecule has 0 bridgehead atoms. The van der Waals surface area contributed by atoms with E-state index in [2.05, 4.69) is 5.32 Å². The summed E-state index contributed by atoms with van der Waals surface area (Å²) in [5.74, 6) is -0.347. The van der Waals surface area contributed by atoms with Crippen molar-refractivity contribution in [2.75, 3.05) is 0 Å². The molecule has 1 amide bonds. The minimum absolute atomic E-state index is 0.0558. The molecule has 2 aromatic rings. The van der Waals surface area contributed by atoms with Crippen LogP contribution in [-0.4, -0.2) is 17.3 Å². The van der Waals surface area contributed by atoms with Gasteiger partial charge >= 0.3 is 5.97 Å². The van der Waals surface area contributed by atoms with Crippen LogP contribution in [0.15, 0.2) is 54.6 Å². The van der Waals surface area contributed by atoms with Crippen LogP contribution in [0.25, 0.3) is 0 Å². The maximum atomic E-state index is 12.0. The molecule has 1 N–H and O–H groups in total. The fourth-order valence-electron chi connectivity index (χ4n) is 2.02. The number of nitro groups is 1. The molecule has 0 heterocycles. The first kappa shape index (κ1) is 16.2. The predicted molar refractivity (Wildman–Crippen MR) is 81.7 cm³/mol. The summed E-state index contributed by atoms with van der Waals surface area (Å²) in [6, 6.07) is 13.7. The highest BCUT2D eigenvalue weighted by Crippen LogP contribution is 2.20. The molecule has 0 saturated carbocycles. The number of hydrogen-bond donors (Lipinski definition) is 1. The zero-order chi connectivity index (χ0) is 16.7. The van der Waals surface area contributed by atoms with Gasteiger partial charge in [0, 0.05) is 12.1 Å². The Labute approximate surface area is 132 Å². The molecule has 23 heavy (non-hydrogen) atoms. The predicted octanol–water partition coefficient (Wildman–Crippen LogP) is 2.38. The van der Waals surface area contributed by atoms with E-state index in [4.69, 9.17) is 4.74 Å². The highest BCUT2D eigenvalue weighted by Gasteiger charge is 2.17. The van der Waals surface area contributed by atoms with E-state index in [-0.39, 0.29) is 17.9 Å². The minimum Gasteiger partial charge on any atom is -0.426 e. The van der Waals surface area contributed by atoms with Crippen LogP contribution in [-0.2, 0) is 9.59 Å². The normalized spacial score (nSPS) is 11.3. The van der Waals surface area contributed by atoms with Crippen LogP contribution in [0, 0.1) is 10.1 Å². The molecule has 0 radical (unpaired) electrons. The van der Waals surface area contributed by atoms with Gasteiger partial charge in [-0.05, 0) is 17.7 Å². The second-order valence-corrected chi connectivity index (χ2v) is 4.68. The molecule has 0 aliphatic carbocycles. The number of esters is 1. The monoisotopic (exact) mass is 314 g/mol. The zero-order valence-electron chi connectivity index (χ0n) is 12.0. The Morgan fingerprint density at radius 3 is 2.39 bits per heavy atom. The lowest BCUT2D eigenvalue weighted by molar-refractivity contribution is -0.384. The lowest BCUT2D eigenvalue weighted by atomic mass is 10.0. The van der Waals surface area contributed by atoms with Crippen LogP contribution in [0.4, 0.5) is 5.69 Å². The first-order chi connectivity index (χ1) is 11.1. The molecule has 0 spiro atoms. The number of benzene rings is 2. The Balaban J connectivity index is 2.01. The van der Waals surface area contributed by atoms with Crippen LogP contribution in [0.1, 0.15) is 18.0 Å². The first-order valence-electron chi connectivity index (χ1n) is 6.80. The molecule has 0 aliphatic heterocycles. The zero-order valence-corrected chi connectivity index (χ0v) is 12.0. The molecule has 1 atom stereocenters. The van der Waals surface area contributed by atoms with Crippen molar-refractivity contribution in [3.8, 4) is 5.75 Å². The van der Waals surface area contributed by atoms with Gasteiger partial charge < -0.3 is 10.1 Å². The highest BCUT2D eigenvalue weighted by molar-refractivity contribution is 5.74. The number of nitrogens with one attached hydrogen (secondary N) is 1. The Morgan fingerprint density at radius 1 is 1.17 bits per heavy atom. The van der Waals surface area contributed by atoms with Gasteiger partial charge in [-0.15, -0.1) is 0 Å². The fraction of sp³-hybridized carbons (Fsp3) is 0.125. The first-order valence-corrected chi connectivity index (χ1v) is 6.80. The summed E-state index contributed by atoms with van der Waals surface area (Å²) < 4.78 is 5.13. The Morgan fingerprint density at radius 2 is 1.83 bits per heavy atom. The SMILES string of the molecule is O=CNC(CC(=O)Oc1ccc([N+](=O)[O-])cc1)c1ccccc1. The third-order valence-corrected chi connectivity index (χ3v) is 3.12. The van der Waals surface area contributed by atoms with E-state index < -0.39 is 16.9 Å². The van der Waals surface area contributed by atoms with Gasteiger partial charge in [0.2, 0.25) is 6.41 Å². The van der Waals surface area contributed by atoms with E-state index in [0.717, 1.165) is 5.56 Å². The van der Waals surface area contributed by atoms with E-state index in [1.54, 1.807) is 24.3 Å². The molecule has 7 nitrogen and oxygen atoms in total. The number of carbonyl (C=O) groups is 2. The van der Waals surface area contributed by atoms with Crippen molar-refractivity contribution in [2.24, 2.45) is 0 Å². The second kappa shape index (κ2) is 7.69. The summed E-state index contributed by atoms with van der Waals surface area (Å²) in [6.07, 6.45) is 0.469. The van der Waals surface area contributed by atoms with E-state index in [9.17, 15) is 19.7 Å². The van der Waals surface area contributed by atoms with Gasteiger partial charge in [-0.1, -0.05) is 30.3 Å². The smallest absolute Gasteiger partial charge is 0.313 e. The second-order valence-electron chi connectivity index (χ2n) is 4.68. The van der Waals surface area contributed by atoms with Crippen LogP contribution in [0.5, 0.6) is 5.75 Å². The van der Waals surface area contributed by atoms with E-state index in [0.29, 0.717) is 6.41 Å². The summed E-state index contributed by atoms with van der Waals surface area (Å²) in [4.78, 5) is 32.7. The Hall–Kier alpha value is -3.22. The van der Waals surface area contributed by atoms with Gasteiger partial charge in [-0.2, -0.15) is 0 Å². The van der Waals surface area contributed by atoms with Gasteiger partial charge in [0.25, 0.3) is 5.69 Å². The topological polar surface area (TPSA) is 98.5 Å². The lowest BCUT2D eigenvalue weighted by Crippen LogP contribution is -2.24. The summed E-state index contributed by atoms with van der Waals surface area (Å²) in [7, 11) is 0. The minimum atomic E-state index is -0.554. The van der Waals surface area contributed by atoms with Gasteiger partial charge in [0.15, 0.2) is 0 Å². The molecule has 118 valence electrons. The van der Waals surface area contributed by atoms with Crippen molar-refractivity contribution in [3.63, 3.8) is 0 Å². The Bertz CT molecular complexity index is 685. The van der Waals surface area contributed by atoms with Crippen LogP contribution in [0.3, 0.4) is 0 Å². The molecule has 1 unspecified atom stereocenters. The maximum Gasteiger partial charge on any atom is 0.313 e. The fourth-order valence-corrected chi connectivity index (χ4v) is 2.02. The molecule has 7 heteroatoms. The summed E-state index contributed by atoms with van der Waals surface area (Å²) in [6.45, 7) is 0. The molecule has 0 aromatic heterocycles. The lowest BCUT2D eigenvalue weighted by Gasteiger charge is -2.15. The van der Waals surface area contributed by atoms with E-state index in [1.807, 2.05) is 6.07 Å². The summed E-state index contributed by atoms with van der Waals surface area (Å²) in [5, 5.41) is 13.1. The molecule has 0 saturated heterocycles. The number of non-ortho nitro benzene ring substituents is 1. The largest absolute Gasteiger partial charge is 0.426 e. The number of ether oxygens (including phenoxy) is 1. The molecule has 2 aromatic carbocycles. The summed E-state index contributed by atoms with van der Waals surface area (Å²) in [5.41, 5.74) is 0.690. The van der Waals surface area contributed by atoms with Crippen molar-refractivity contribution in [1.82, 2.24) is 5.32 Å². The Kier molecular flexibility index (Phi) is 5.40. The molecular weight excluding hydrogens is 300 g/mol. The average Bonchev–Trinajstić information content (AvgIpc) is 2.55. The van der Waals surface area contributed by atoms with Crippen LogP contribution >= 0.6 is 0 Å². The number of rotatable bonds is 7. The van der Waals surface area contributed by atoms with Gasteiger partial charge in [-0.25, -0.2) is 0 Å². The maximum absolute atomic E-state index is 12.0. The van der Waals surface area contributed by atoms with Crippen molar-refractivity contribution in [1.29, 1.82) is 0 Å². The van der Waals surface area contributed by atoms with Gasteiger partial charge in [0.05, 0.1) is 17.4 Å². The number of nitro benzene ring substituents is 1. The number of amides is 1. The quantitative estimate of drug-likeness (QED) is 0.278. The van der Waals surface area contributed by atoms with E-state index in [1.165, 1.54) is 24.3 Å². The number of carbonyl (C=O) groups excluding carboxylic acids is 2. The van der Waals surface area contributed by atoms with Crippen molar-refractivity contribution in [2.45, 2.75) is 12.5 Å². The number of hydrogen-bond acceptors (Lipinski definition) is 5. The van der Waals surface area contributed by atoms with Crippen molar-refractivity contribution < 1.29 is 19.2 Å². The average molecular weight is 314 g/mol. The molecule has 0 aliphatic rings. The van der Waals surface area contributed by atoms with Crippen molar-refractivity contribution in [3.05, 3.63) is 70.3 Å². The molecule has 2 rings (SSSR count). The molecular formula is C16H14N2O5. The summed E-state index contributed by atoms with van der Waals surface area (Å²) >= 11 is 0. The molecule has 0 fully saturated rings. The third kappa shape index (κ3) is 4.63. The van der Waals surface area contributed by atoms with Crippen molar-refractivity contribution >= 4 is 18.1 Å². The van der Waals surface area contributed by atoms with E-state index >= 15 is 0 Å². The highest BCUT2D eigenvalue weighted by atomic mass is 16.6. The van der Waals surface area contributed by atoms with Crippen LogP contribution < -0.4 is 10.1 Å².